The van der Waals surface area contributed by atoms with E-state index < -0.39 is 5.97 Å². The van der Waals surface area contributed by atoms with Crippen LogP contribution in [0.25, 0.3) is 6.08 Å². The van der Waals surface area contributed by atoms with Gasteiger partial charge in [-0.3, -0.25) is 4.79 Å². The maximum atomic E-state index is 12.2. The Balaban J connectivity index is 1.64. The quantitative estimate of drug-likeness (QED) is 0.604. The van der Waals surface area contributed by atoms with Crippen molar-refractivity contribution in [1.82, 2.24) is 0 Å². The van der Waals surface area contributed by atoms with Gasteiger partial charge in [-0.05, 0) is 30.3 Å². The van der Waals surface area contributed by atoms with Gasteiger partial charge in [0, 0.05) is 11.1 Å². The Bertz CT molecular complexity index is 857. The Labute approximate surface area is 149 Å². The van der Waals surface area contributed by atoms with E-state index in [2.05, 4.69) is 0 Å². The van der Waals surface area contributed by atoms with E-state index in [-0.39, 0.29) is 19.0 Å². The molecule has 0 unspecified atom stereocenters. The van der Waals surface area contributed by atoms with Crippen LogP contribution in [0.15, 0.2) is 48.0 Å². The lowest BCUT2D eigenvalue weighted by Gasteiger charge is -2.16. The number of carbonyl (C=O) groups excluding carboxylic acids is 2. The first-order valence-corrected chi connectivity index (χ1v) is 7.92. The second kappa shape index (κ2) is 7.40. The molecule has 2 aromatic carbocycles. The van der Waals surface area contributed by atoms with Crippen molar-refractivity contribution in [2.75, 3.05) is 20.3 Å². The molecule has 0 saturated heterocycles. The molecular weight excluding hydrogens is 344 g/mol. The number of methoxy groups -OCH3 is 1. The summed E-state index contributed by atoms with van der Waals surface area (Å²) >= 11 is 6.00. The Morgan fingerprint density at radius 3 is 2.76 bits per heavy atom. The molecule has 0 amide bonds. The van der Waals surface area contributed by atoms with Crippen LogP contribution in [0, 0.1) is 0 Å². The highest BCUT2D eigenvalue weighted by atomic mass is 35.5. The molecule has 0 N–H and O–H groups in total. The fraction of sp³-hybridized carbons (Fsp3) is 0.158. The molecule has 1 heterocycles. The predicted octanol–water partition coefficient (Wildman–Crippen LogP) is 3.55. The van der Waals surface area contributed by atoms with Gasteiger partial charge in [-0.25, -0.2) is 4.79 Å². The Hall–Kier alpha value is -2.79. The van der Waals surface area contributed by atoms with Gasteiger partial charge in [0.25, 0.3) is 0 Å². The zero-order chi connectivity index (χ0) is 17.8. The largest absolute Gasteiger partial charge is 0.495 e. The zero-order valence-electron chi connectivity index (χ0n) is 13.5. The average Bonchev–Trinajstić information content (AvgIpc) is 2.65. The Kier molecular flexibility index (Phi) is 5.05. The van der Waals surface area contributed by atoms with Crippen LogP contribution in [0.3, 0.4) is 0 Å². The number of para-hydroxylation sites is 1. The summed E-state index contributed by atoms with van der Waals surface area (Å²) < 4.78 is 15.6. The number of fused-ring (bicyclic) bond motifs is 1. The third-order valence-electron chi connectivity index (χ3n) is 3.70. The minimum atomic E-state index is -0.581. The van der Waals surface area contributed by atoms with Gasteiger partial charge in [-0.2, -0.15) is 0 Å². The molecule has 0 aromatic heterocycles. The summed E-state index contributed by atoms with van der Waals surface area (Å²) in [4.78, 5) is 24.3. The van der Waals surface area contributed by atoms with Gasteiger partial charge in [-0.1, -0.05) is 29.8 Å². The molecule has 25 heavy (non-hydrogen) atoms. The number of rotatable bonds is 5. The Morgan fingerprint density at radius 2 is 2.00 bits per heavy atom. The van der Waals surface area contributed by atoms with E-state index in [0.717, 1.165) is 5.56 Å². The highest BCUT2D eigenvalue weighted by Gasteiger charge is 2.19. The number of esters is 1. The summed E-state index contributed by atoms with van der Waals surface area (Å²) in [6.45, 7) is -0.265. The normalized spacial score (nSPS) is 12.5. The monoisotopic (exact) mass is 358 g/mol. The number of halogens is 1. The summed E-state index contributed by atoms with van der Waals surface area (Å²) in [6.07, 6.45) is 1.70. The van der Waals surface area contributed by atoms with Crippen LogP contribution in [-0.4, -0.2) is 32.1 Å². The van der Waals surface area contributed by atoms with Crippen molar-refractivity contribution < 1.29 is 23.8 Å². The maximum Gasteiger partial charge on any atom is 0.337 e. The lowest BCUT2D eigenvalue weighted by Crippen LogP contribution is -2.20. The molecule has 5 nitrogen and oxygen atoms in total. The average molecular weight is 359 g/mol. The third kappa shape index (κ3) is 3.83. The molecule has 0 aliphatic carbocycles. The van der Waals surface area contributed by atoms with Crippen molar-refractivity contribution in [3.63, 3.8) is 0 Å². The second-order valence-corrected chi connectivity index (χ2v) is 5.75. The smallest absolute Gasteiger partial charge is 0.337 e. The number of Topliss-reactive ketones (excluding diaryl/α,β-unsaturated/α-hetero) is 1. The predicted molar refractivity (Wildman–Crippen MR) is 93.2 cm³/mol. The van der Waals surface area contributed by atoms with E-state index in [0.29, 0.717) is 27.7 Å². The lowest BCUT2D eigenvalue weighted by atomic mass is 10.1. The first-order valence-electron chi connectivity index (χ1n) is 7.55. The maximum absolute atomic E-state index is 12.2. The topological polar surface area (TPSA) is 61.8 Å². The number of ketones is 1. The summed E-state index contributed by atoms with van der Waals surface area (Å²) in [7, 11) is 1.49. The molecule has 0 fully saturated rings. The second-order valence-electron chi connectivity index (χ2n) is 5.34. The van der Waals surface area contributed by atoms with E-state index in [4.69, 9.17) is 25.8 Å². The summed E-state index contributed by atoms with van der Waals surface area (Å²) in [5.74, 6) is 0.250. The summed E-state index contributed by atoms with van der Waals surface area (Å²) in [6, 6.07) is 12.0. The van der Waals surface area contributed by atoms with Crippen molar-refractivity contribution in [2.45, 2.75) is 0 Å². The van der Waals surface area contributed by atoms with Crippen LogP contribution >= 0.6 is 11.6 Å². The lowest BCUT2D eigenvalue weighted by molar-refractivity contribution is -0.138. The van der Waals surface area contributed by atoms with Crippen molar-refractivity contribution in [2.24, 2.45) is 0 Å². The van der Waals surface area contributed by atoms with E-state index >= 15 is 0 Å². The third-order valence-corrected chi connectivity index (χ3v) is 4.00. The van der Waals surface area contributed by atoms with Gasteiger partial charge >= 0.3 is 5.97 Å². The minimum absolute atomic E-state index is 0.110. The molecule has 0 spiro atoms. The molecule has 2 aromatic rings. The Morgan fingerprint density at radius 1 is 1.20 bits per heavy atom. The minimum Gasteiger partial charge on any atom is -0.495 e. The first-order chi connectivity index (χ1) is 12.1. The molecule has 0 saturated carbocycles. The number of carbonyl (C=O) groups is 2. The molecule has 0 bridgehead atoms. The van der Waals surface area contributed by atoms with Gasteiger partial charge in [-0.15, -0.1) is 0 Å². The molecule has 6 heteroatoms. The van der Waals surface area contributed by atoms with Gasteiger partial charge in [0.2, 0.25) is 0 Å². The van der Waals surface area contributed by atoms with E-state index in [1.54, 1.807) is 18.2 Å². The zero-order valence-corrected chi connectivity index (χ0v) is 14.2. The molecule has 1 aliphatic rings. The van der Waals surface area contributed by atoms with Gasteiger partial charge in [0.15, 0.2) is 12.4 Å². The van der Waals surface area contributed by atoms with Crippen LogP contribution < -0.4 is 9.47 Å². The van der Waals surface area contributed by atoms with Crippen LogP contribution in [0.1, 0.15) is 15.9 Å². The standard InChI is InChI=1S/C19H15ClO5/c1-23-18-7-6-12(9-15(18)20)16(21)11-25-19(22)14-8-13-4-2-3-5-17(13)24-10-14/h2-9H,10-11H2,1H3. The summed E-state index contributed by atoms with van der Waals surface area (Å²) in [5.41, 5.74) is 1.51. The van der Waals surface area contributed by atoms with Crippen molar-refractivity contribution in [1.29, 1.82) is 0 Å². The van der Waals surface area contributed by atoms with E-state index in [1.165, 1.54) is 13.2 Å². The van der Waals surface area contributed by atoms with Crippen LogP contribution in [0.2, 0.25) is 5.02 Å². The highest BCUT2D eigenvalue weighted by molar-refractivity contribution is 6.32. The first kappa shape index (κ1) is 17.0. The molecule has 0 radical (unpaired) electrons. The number of hydrogen-bond acceptors (Lipinski definition) is 5. The molecule has 1 aliphatic heterocycles. The number of benzene rings is 2. The summed E-state index contributed by atoms with van der Waals surface area (Å²) in [5, 5.41) is 0.319. The molecule has 128 valence electrons. The van der Waals surface area contributed by atoms with Crippen LogP contribution in [0.5, 0.6) is 11.5 Å². The van der Waals surface area contributed by atoms with Crippen molar-refractivity contribution >= 4 is 29.4 Å². The van der Waals surface area contributed by atoms with E-state index in [9.17, 15) is 9.59 Å². The molecule has 3 rings (SSSR count). The number of hydrogen-bond donors (Lipinski definition) is 0. The van der Waals surface area contributed by atoms with Crippen LogP contribution in [0.4, 0.5) is 0 Å². The van der Waals surface area contributed by atoms with Gasteiger partial charge in [0.1, 0.15) is 18.1 Å². The van der Waals surface area contributed by atoms with Crippen molar-refractivity contribution in [3.8, 4) is 11.5 Å². The molecular formula is C19H15ClO5. The highest BCUT2D eigenvalue weighted by Crippen LogP contribution is 2.27. The van der Waals surface area contributed by atoms with Crippen molar-refractivity contribution in [3.05, 3.63) is 64.2 Å². The molecule has 0 atom stereocenters. The van der Waals surface area contributed by atoms with Gasteiger partial charge in [0.05, 0.1) is 17.7 Å². The van der Waals surface area contributed by atoms with Gasteiger partial charge < -0.3 is 14.2 Å². The fourth-order valence-corrected chi connectivity index (χ4v) is 2.64. The van der Waals surface area contributed by atoms with Crippen LogP contribution in [-0.2, 0) is 9.53 Å². The van der Waals surface area contributed by atoms with E-state index in [1.807, 2.05) is 24.3 Å². The fourth-order valence-electron chi connectivity index (χ4n) is 2.38. The SMILES string of the molecule is COc1ccc(C(=O)COC(=O)C2=Cc3ccccc3OC2)cc1Cl. The number of ether oxygens (including phenoxy) is 3.